The van der Waals surface area contributed by atoms with Gasteiger partial charge in [-0.3, -0.25) is 4.79 Å². The van der Waals surface area contributed by atoms with E-state index in [2.05, 4.69) is 10.1 Å². The molecule has 0 atom stereocenters. The van der Waals surface area contributed by atoms with Gasteiger partial charge in [0, 0.05) is 25.6 Å². The molecular weight excluding hydrogens is 370 g/mol. The third-order valence-electron chi connectivity index (χ3n) is 6.00. The average Bonchev–Trinajstić information content (AvgIpc) is 3.43. The number of carbonyl (C=O) groups excluding carboxylic acids is 1. The third-order valence-corrected chi connectivity index (χ3v) is 6.00. The molecule has 1 aromatic heterocycles. The van der Waals surface area contributed by atoms with Crippen LogP contribution in [0.2, 0.25) is 0 Å². The molecule has 2 aliphatic rings. The molecule has 2 heterocycles. The monoisotopic (exact) mass is 399 g/mol. The zero-order valence-corrected chi connectivity index (χ0v) is 17.0. The van der Waals surface area contributed by atoms with Crippen LogP contribution in [0.1, 0.15) is 49.4 Å². The minimum absolute atomic E-state index is 0.0501. The Hall–Kier alpha value is -2.25. The Balaban J connectivity index is 1.33. The summed E-state index contributed by atoms with van der Waals surface area (Å²) >= 11 is 0. The van der Waals surface area contributed by atoms with E-state index in [9.17, 15) is 4.79 Å². The summed E-state index contributed by atoms with van der Waals surface area (Å²) in [6.07, 6.45) is 5.35. The molecule has 7 nitrogen and oxygen atoms in total. The summed E-state index contributed by atoms with van der Waals surface area (Å²) in [6, 6.07) is 9.92. The number of hydrogen-bond acceptors (Lipinski definition) is 6. The molecule has 1 aliphatic heterocycles. The Morgan fingerprint density at radius 2 is 1.97 bits per heavy atom. The fraction of sp³-hybridized carbons (Fsp3) is 0.591. The van der Waals surface area contributed by atoms with Gasteiger partial charge in [-0.05, 0) is 30.7 Å². The first-order valence-corrected chi connectivity index (χ1v) is 10.4. The Morgan fingerprint density at radius 3 is 2.66 bits per heavy atom. The van der Waals surface area contributed by atoms with Crippen LogP contribution in [0, 0.1) is 5.92 Å². The molecule has 7 heteroatoms. The van der Waals surface area contributed by atoms with Gasteiger partial charge in [0.15, 0.2) is 5.82 Å². The van der Waals surface area contributed by atoms with Gasteiger partial charge in [0.1, 0.15) is 13.2 Å². The van der Waals surface area contributed by atoms with Crippen molar-refractivity contribution in [1.82, 2.24) is 15.0 Å². The van der Waals surface area contributed by atoms with Gasteiger partial charge < -0.3 is 18.9 Å². The lowest BCUT2D eigenvalue weighted by molar-refractivity contribution is -0.138. The molecule has 1 saturated carbocycles. The summed E-state index contributed by atoms with van der Waals surface area (Å²) in [5.41, 5.74) is 0.976. The molecule has 0 radical (unpaired) electrons. The summed E-state index contributed by atoms with van der Waals surface area (Å²) in [6.45, 7) is 2.31. The predicted molar refractivity (Wildman–Crippen MR) is 106 cm³/mol. The lowest BCUT2D eigenvalue weighted by Crippen LogP contribution is -2.47. The molecule has 0 unspecified atom stereocenters. The van der Waals surface area contributed by atoms with Crippen molar-refractivity contribution < 1.29 is 18.8 Å². The van der Waals surface area contributed by atoms with Crippen molar-refractivity contribution >= 4 is 5.91 Å². The SMILES string of the molecule is COCc1nc(C2(CC3CC3)CCN(C(=O)COCc3ccccc3)CC2)no1. The molecule has 2 fully saturated rings. The van der Waals surface area contributed by atoms with Crippen LogP contribution in [0.4, 0.5) is 0 Å². The molecule has 1 aromatic carbocycles. The number of ether oxygens (including phenoxy) is 2. The highest BCUT2D eigenvalue weighted by atomic mass is 16.5. The molecule has 2 aromatic rings. The van der Waals surface area contributed by atoms with Crippen molar-refractivity contribution in [2.75, 3.05) is 26.8 Å². The first kappa shape index (κ1) is 20.0. The number of rotatable bonds is 9. The highest BCUT2D eigenvalue weighted by Crippen LogP contribution is 2.46. The lowest BCUT2D eigenvalue weighted by Gasteiger charge is -2.40. The van der Waals surface area contributed by atoms with Crippen LogP contribution in [-0.4, -0.2) is 47.8 Å². The van der Waals surface area contributed by atoms with Crippen molar-refractivity contribution in [1.29, 1.82) is 0 Å². The van der Waals surface area contributed by atoms with Crippen molar-refractivity contribution in [2.24, 2.45) is 5.92 Å². The molecule has 4 rings (SSSR count). The molecule has 0 N–H and O–H groups in total. The number of amides is 1. The summed E-state index contributed by atoms with van der Waals surface area (Å²) in [4.78, 5) is 19.1. The van der Waals surface area contributed by atoms with E-state index in [1.54, 1.807) is 7.11 Å². The molecular formula is C22H29N3O4. The second-order valence-electron chi connectivity index (χ2n) is 8.23. The zero-order chi connectivity index (χ0) is 20.1. The van der Waals surface area contributed by atoms with Gasteiger partial charge in [-0.15, -0.1) is 0 Å². The van der Waals surface area contributed by atoms with Crippen LogP contribution >= 0.6 is 0 Å². The number of benzene rings is 1. The van der Waals surface area contributed by atoms with E-state index in [1.807, 2.05) is 35.2 Å². The standard InChI is InChI=1S/C22H29N3O4/c1-27-15-19-23-21(24-29-19)22(13-17-7-8-17)9-11-25(12-10-22)20(26)16-28-14-18-5-3-2-4-6-18/h2-6,17H,7-16H2,1H3. The summed E-state index contributed by atoms with van der Waals surface area (Å²) in [7, 11) is 1.62. The zero-order valence-electron chi connectivity index (χ0n) is 17.0. The highest BCUT2D eigenvalue weighted by Gasteiger charge is 2.44. The average molecular weight is 399 g/mol. The first-order chi connectivity index (χ1) is 14.2. The highest BCUT2D eigenvalue weighted by molar-refractivity contribution is 5.77. The van der Waals surface area contributed by atoms with E-state index in [4.69, 9.17) is 14.0 Å². The van der Waals surface area contributed by atoms with E-state index >= 15 is 0 Å². The Labute approximate surface area is 171 Å². The normalized spacial score (nSPS) is 18.7. The van der Waals surface area contributed by atoms with Crippen molar-refractivity contribution in [2.45, 2.75) is 50.7 Å². The molecule has 0 bridgehead atoms. The quantitative estimate of drug-likeness (QED) is 0.645. The van der Waals surface area contributed by atoms with E-state index < -0.39 is 0 Å². The van der Waals surface area contributed by atoms with Crippen molar-refractivity contribution in [3.05, 3.63) is 47.6 Å². The van der Waals surface area contributed by atoms with Crippen LogP contribution in [0.3, 0.4) is 0 Å². The van der Waals surface area contributed by atoms with Gasteiger partial charge in [0.05, 0.1) is 6.61 Å². The fourth-order valence-electron chi connectivity index (χ4n) is 4.15. The maximum Gasteiger partial charge on any atom is 0.252 e. The molecule has 1 aliphatic carbocycles. The number of aromatic nitrogens is 2. The predicted octanol–water partition coefficient (Wildman–Crippen LogP) is 3.09. The maximum atomic E-state index is 12.6. The summed E-state index contributed by atoms with van der Waals surface area (Å²) < 4.78 is 16.1. The van der Waals surface area contributed by atoms with Gasteiger partial charge in [-0.2, -0.15) is 4.98 Å². The summed E-state index contributed by atoms with van der Waals surface area (Å²) in [5, 5.41) is 4.27. The largest absolute Gasteiger partial charge is 0.375 e. The minimum atomic E-state index is -0.0989. The molecule has 1 saturated heterocycles. The Bertz CT molecular complexity index is 795. The topological polar surface area (TPSA) is 77.7 Å². The molecule has 1 amide bonds. The van der Waals surface area contributed by atoms with Crippen LogP contribution in [0.5, 0.6) is 0 Å². The smallest absolute Gasteiger partial charge is 0.252 e. The molecule has 156 valence electrons. The molecule has 29 heavy (non-hydrogen) atoms. The second-order valence-corrected chi connectivity index (χ2v) is 8.23. The van der Waals surface area contributed by atoms with Crippen LogP contribution in [-0.2, 0) is 32.9 Å². The van der Waals surface area contributed by atoms with Gasteiger partial charge in [-0.25, -0.2) is 0 Å². The van der Waals surface area contributed by atoms with E-state index in [1.165, 1.54) is 12.8 Å². The fourth-order valence-corrected chi connectivity index (χ4v) is 4.15. The second kappa shape index (κ2) is 9.05. The number of piperidine rings is 1. The Morgan fingerprint density at radius 1 is 1.21 bits per heavy atom. The number of likely N-dealkylation sites (tertiary alicyclic amines) is 1. The lowest BCUT2D eigenvalue weighted by atomic mass is 9.73. The summed E-state index contributed by atoms with van der Waals surface area (Å²) in [5.74, 6) is 2.10. The number of hydrogen-bond donors (Lipinski definition) is 0. The number of methoxy groups -OCH3 is 1. The van der Waals surface area contributed by atoms with E-state index in [0.29, 0.717) is 32.2 Å². The number of nitrogens with zero attached hydrogens (tertiary/aromatic N) is 3. The first-order valence-electron chi connectivity index (χ1n) is 10.4. The molecule has 0 spiro atoms. The van der Waals surface area contributed by atoms with Crippen LogP contribution in [0.25, 0.3) is 0 Å². The van der Waals surface area contributed by atoms with Gasteiger partial charge >= 0.3 is 0 Å². The van der Waals surface area contributed by atoms with Crippen molar-refractivity contribution in [3.63, 3.8) is 0 Å². The van der Waals surface area contributed by atoms with Crippen LogP contribution in [0.15, 0.2) is 34.9 Å². The maximum absolute atomic E-state index is 12.6. The minimum Gasteiger partial charge on any atom is -0.375 e. The Kier molecular flexibility index (Phi) is 6.25. The van der Waals surface area contributed by atoms with Gasteiger partial charge in [0.25, 0.3) is 5.89 Å². The van der Waals surface area contributed by atoms with Crippen LogP contribution < -0.4 is 0 Å². The van der Waals surface area contributed by atoms with E-state index in [0.717, 1.165) is 36.6 Å². The van der Waals surface area contributed by atoms with Gasteiger partial charge in [0.2, 0.25) is 5.91 Å². The van der Waals surface area contributed by atoms with Crippen molar-refractivity contribution in [3.8, 4) is 0 Å². The van der Waals surface area contributed by atoms with E-state index in [-0.39, 0.29) is 17.9 Å². The third kappa shape index (κ3) is 5.03. The number of carbonyl (C=O) groups is 1. The van der Waals surface area contributed by atoms with Gasteiger partial charge in [-0.1, -0.05) is 48.3 Å².